The van der Waals surface area contributed by atoms with Gasteiger partial charge in [-0.15, -0.1) is 11.6 Å². The van der Waals surface area contributed by atoms with Crippen LogP contribution < -0.4 is 5.32 Å². The van der Waals surface area contributed by atoms with Crippen molar-refractivity contribution in [2.24, 2.45) is 5.92 Å². The van der Waals surface area contributed by atoms with Gasteiger partial charge in [-0.3, -0.25) is 9.59 Å². The number of rotatable bonds is 8. The van der Waals surface area contributed by atoms with Crippen molar-refractivity contribution in [1.29, 1.82) is 0 Å². The van der Waals surface area contributed by atoms with Crippen LogP contribution in [-0.4, -0.2) is 35.2 Å². The lowest BCUT2D eigenvalue weighted by molar-refractivity contribution is -0.139. The van der Waals surface area contributed by atoms with Gasteiger partial charge >= 0.3 is 0 Å². The number of hydrogen-bond donors (Lipinski definition) is 1. The Balaban J connectivity index is 1.90. The fourth-order valence-electron chi connectivity index (χ4n) is 4.32. The Hall–Kier alpha value is -1.75. The minimum atomic E-state index is -0.851. The van der Waals surface area contributed by atoms with Crippen LogP contribution >= 0.6 is 34.8 Å². The smallest absolute Gasteiger partial charge is 0.247 e. The maximum atomic E-state index is 13.6. The van der Waals surface area contributed by atoms with Gasteiger partial charge in [-0.25, -0.2) is 0 Å². The molecule has 1 aliphatic carbocycles. The van der Waals surface area contributed by atoms with Crippen LogP contribution in [0.4, 0.5) is 0 Å². The highest BCUT2D eigenvalue weighted by molar-refractivity contribution is 6.32. The molecule has 0 aromatic heterocycles. The Kier molecular flexibility index (Phi) is 9.27. The van der Waals surface area contributed by atoms with Gasteiger partial charge in [0.1, 0.15) is 11.9 Å². The van der Waals surface area contributed by atoms with E-state index in [-0.39, 0.29) is 23.7 Å². The molecule has 2 aromatic carbocycles. The highest BCUT2D eigenvalue weighted by Crippen LogP contribution is 2.30. The van der Waals surface area contributed by atoms with E-state index >= 15 is 0 Å². The Bertz CT molecular complexity index is 920. The Morgan fingerprint density at radius 1 is 1.06 bits per heavy atom. The summed E-state index contributed by atoms with van der Waals surface area (Å²) < 4.78 is 0. The summed E-state index contributed by atoms with van der Waals surface area (Å²) >= 11 is 18.5. The average molecular weight is 496 g/mol. The maximum absolute atomic E-state index is 13.6. The average Bonchev–Trinajstić information content (AvgIpc) is 2.79. The first-order chi connectivity index (χ1) is 15.4. The lowest BCUT2D eigenvalue weighted by atomic mass is 9.85. The second kappa shape index (κ2) is 11.9. The largest absolute Gasteiger partial charge is 0.351 e. The molecule has 1 saturated carbocycles. The molecule has 172 valence electrons. The van der Waals surface area contributed by atoms with Crippen molar-refractivity contribution in [3.8, 4) is 0 Å². The molecular weight excluding hydrogens is 467 g/mol. The van der Waals surface area contributed by atoms with E-state index < -0.39 is 6.04 Å². The van der Waals surface area contributed by atoms with Gasteiger partial charge in [0, 0.05) is 28.2 Å². The van der Waals surface area contributed by atoms with Crippen LogP contribution in [0.3, 0.4) is 0 Å². The predicted molar refractivity (Wildman–Crippen MR) is 131 cm³/mol. The standard InChI is InChI=1S/C25H29Cl3N2O2/c1-17-6-2-5-9-22(17)29-25(32)24(20-7-3-4-8-21(20)28)30(23(31)16-26)15-14-18-10-12-19(27)13-11-18/h3-4,7-8,10-13,17,22,24H,2,5-6,9,14-16H2,1H3,(H,29,32)/t17-,22+,24+/m1/s1. The van der Waals surface area contributed by atoms with Crippen LogP contribution in [-0.2, 0) is 16.0 Å². The van der Waals surface area contributed by atoms with Crippen molar-refractivity contribution in [2.45, 2.75) is 51.1 Å². The highest BCUT2D eigenvalue weighted by atomic mass is 35.5. The maximum Gasteiger partial charge on any atom is 0.247 e. The van der Waals surface area contributed by atoms with E-state index in [1.165, 1.54) is 6.42 Å². The zero-order chi connectivity index (χ0) is 23.1. The van der Waals surface area contributed by atoms with E-state index in [0.717, 1.165) is 24.8 Å². The number of carbonyl (C=O) groups excluding carboxylic acids is 2. The van der Waals surface area contributed by atoms with E-state index in [0.29, 0.717) is 34.5 Å². The molecule has 1 N–H and O–H groups in total. The third-order valence-corrected chi connectivity index (χ3v) is 7.01. The minimum Gasteiger partial charge on any atom is -0.351 e. The summed E-state index contributed by atoms with van der Waals surface area (Å²) in [7, 11) is 0. The summed E-state index contributed by atoms with van der Waals surface area (Å²) in [5.74, 6) is -0.344. The second-order valence-corrected chi connectivity index (χ2v) is 9.51. The minimum absolute atomic E-state index is 0.0884. The SMILES string of the molecule is C[C@@H]1CCCC[C@@H]1NC(=O)[C@H](c1ccccc1Cl)N(CCc1ccc(Cl)cc1)C(=O)CCl. The highest BCUT2D eigenvalue weighted by Gasteiger charge is 2.34. The van der Waals surface area contributed by atoms with E-state index in [9.17, 15) is 9.59 Å². The number of halogens is 3. The van der Waals surface area contributed by atoms with Gasteiger partial charge in [-0.05, 0) is 48.9 Å². The van der Waals surface area contributed by atoms with Crippen LogP contribution in [0, 0.1) is 5.92 Å². The van der Waals surface area contributed by atoms with Crippen molar-refractivity contribution in [1.82, 2.24) is 10.2 Å². The summed E-state index contributed by atoms with van der Waals surface area (Å²) in [4.78, 5) is 28.1. The monoisotopic (exact) mass is 494 g/mol. The molecule has 7 heteroatoms. The van der Waals surface area contributed by atoms with Gasteiger partial charge < -0.3 is 10.2 Å². The molecule has 0 bridgehead atoms. The number of amides is 2. The summed E-state index contributed by atoms with van der Waals surface area (Å²) in [5, 5.41) is 4.31. The number of benzene rings is 2. The summed E-state index contributed by atoms with van der Waals surface area (Å²) in [6.07, 6.45) is 4.86. The molecule has 3 rings (SSSR count). The Labute approximate surface area is 205 Å². The van der Waals surface area contributed by atoms with Gasteiger partial charge in [-0.1, -0.05) is 73.3 Å². The van der Waals surface area contributed by atoms with Crippen molar-refractivity contribution < 1.29 is 9.59 Å². The van der Waals surface area contributed by atoms with Crippen LogP contribution in [0.1, 0.15) is 49.8 Å². The second-order valence-electron chi connectivity index (χ2n) is 8.40. The van der Waals surface area contributed by atoms with Crippen LogP contribution in [0.2, 0.25) is 10.0 Å². The zero-order valence-electron chi connectivity index (χ0n) is 18.2. The predicted octanol–water partition coefficient (Wildman–Crippen LogP) is 6.04. The number of hydrogen-bond acceptors (Lipinski definition) is 2. The Morgan fingerprint density at radius 3 is 2.41 bits per heavy atom. The van der Waals surface area contributed by atoms with Crippen molar-refractivity contribution >= 4 is 46.6 Å². The normalized spacial score (nSPS) is 19.2. The van der Waals surface area contributed by atoms with Crippen molar-refractivity contribution in [2.75, 3.05) is 12.4 Å². The molecule has 0 heterocycles. The third-order valence-electron chi connectivity index (χ3n) is 6.19. The molecule has 1 fully saturated rings. The van der Waals surface area contributed by atoms with Crippen molar-refractivity contribution in [3.63, 3.8) is 0 Å². The van der Waals surface area contributed by atoms with Gasteiger partial charge in [0.15, 0.2) is 0 Å². The summed E-state index contributed by atoms with van der Waals surface area (Å²) in [5.41, 5.74) is 1.62. The summed E-state index contributed by atoms with van der Waals surface area (Å²) in [6.45, 7) is 2.49. The molecule has 0 saturated heterocycles. The lowest BCUT2D eigenvalue weighted by Gasteiger charge is -2.35. The molecule has 2 amide bonds. The molecule has 3 atom stereocenters. The van der Waals surface area contributed by atoms with Gasteiger partial charge in [0.05, 0.1) is 0 Å². The Morgan fingerprint density at radius 2 is 1.75 bits per heavy atom. The molecule has 32 heavy (non-hydrogen) atoms. The molecule has 0 spiro atoms. The molecule has 0 unspecified atom stereocenters. The van der Waals surface area contributed by atoms with E-state index in [1.807, 2.05) is 36.4 Å². The summed E-state index contributed by atoms with van der Waals surface area (Å²) in [6, 6.07) is 13.9. The number of carbonyl (C=O) groups is 2. The molecule has 0 radical (unpaired) electrons. The number of nitrogens with one attached hydrogen (secondary N) is 1. The molecule has 4 nitrogen and oxygen atoms in total. The van der Waals surface area contributed by atoms with Crippen molar-refractivity contribution in [3.05, 3.63) is 69.7 Å². The zero-order valence-corrected chi connectivity index (χ0v) is 20.5. The molecule has 1 aliphatic rings. The first kappa shape index (κ1) is 24.9. The van der Waals surface area contributed by atoms with E-state index in [2.05, 4.69) is 12.2 Å². The van der Waals surface area contributed by atoms with Gasteiger partial charge in [0.2, 0.25) is 11.8 Å². The fourth-order valence-corrected chi connectivity index (χ4v) is 4.83. The quantitative estimate of drug-likeness (QED) is 0.454. The van der Waals surface area contributed by atoms with Crippen LogP contribution in [0.15, 0.2) is 48.5 Å². The number of alkyl halides is 1. The number of nitrogens with zero attached hydrogens (tertiary/aromatic N) is 1. The third kappa shape index (κ3) is 6.40. The molecule has 0 aliphatic heterocycles. The van der Waals surface area contributed by atoms with Crippen LogP contribution in [0.25, 0.3) is 0 Å². The molecular formula is C25H29Cl3N2O2. The van der Waals surface area contributed by atoms with E-state index in [4.69, 9.17) is 34.8 Å². The fraction of sp³-hybridized carbons (Fsp3) is 0.440. The van der Waals surface area contributed by atoms with Crippen LogP contribution in [0.5, 0.6) is 0 Å². The lowest BCUT2D eigenvalue weighted by Crippen LogP contribution is -2.49. The molecule has 2 aromatic rings. The van der Waals surface area contributed by atoms with Gasteiger partial charge in [-0.2, -0.15) is 0 Å². The first-order valence-electron chi connectivity index (χ1n) is 11.1. The first-order valence-corrected chi connectivity index (χ1v) is 12.3. The topological polar surface area (TPSA) is 49.4 Å². The van der Waals surface area contributed by atoms with Gasteiger partial charge in [0.25, 0.3) is 0 Å². The van der Waals surface area contributed by atoms with E-state index in [1.54, 1.807) is 17.0 Å².